The summed E-state index contributed by atoms with van der Waals surface area (Å²) in [7, 11) is 1.63. The van der Waals surface area contributed by atoms with Crippen LogP contribution in [-0.4, -0.2) is 17.9 Å². The van der Waals surface area contributed by atoms with E-state index in [1.54, 1.807) is 19.4 Å². The van der Waals surface area contributed by atoms with E-state index >= 15 is 0 Å². The van der Waals surface area contributed by atoms with Crippen molar-refractivity contribution in [3.8, 4) is 11.1 Å². The Kier molecular flexibility index (Phi) is 2.96. The summed E-state index contributed by atoms with van der Waals surface area (Å²) < 4.78 is 0. The van der Waals surface area contributed by atoms with E-state index in [1.165, 1.54) is 0 Å². The molecule has 1 aromatic carbocycles. The fourth-order valence-corrected chi connectivity index (χ4v) is 1.60. The van der Waals surface area contributed by atoms with Gasteiger partial charge in [-0.05, 0) is 29.3 Å². The van der Waals surface area contributed by atoms with Gasteiger partial charge in [-0.15, -0.1) is 0 Å². The van der Waals surface area contributed by atoms with Gasteiger partial charge in [-0.25, -0.2) is 0 Å². The van der Waals surface area contributed by atoms with Gasteiger partial charge < -0.3 is 5.32 Å². The molecule has 0 spiro atoms. The van der Waals surface area contributed by atoms with Crippen molar-refractivity contribution in [2.24, 2.45) is 0 Å². The van der Waals surface area contributed by atoms with Gasteiger partial charge in [0.05, 0.1) is 0 Å². The molecule has 1 heterocycles. The summed E-state index contributed by atoms with van der Waals surface area (Å²) >= 11 is 0. The average Bonchev–Trinajstić information content (AvgIpc) is 2.39. The molecule has 16 heavy (non-hydrogen) atoms. The molecule has 3 heteroatoms. The fourth-order valence-electron chi connectivity index (χ4n) is 1.60. The molecule has 80 valence electrons. The molecule has 2 aromatic rings. The zero-order valence-electron chi connectivity index (χ0n) is 8.97. The molecule has 0 saturated carbocycles. The van der Waals surface area contributed by atoms with Crippen molar-refractivity contribution in [3.05, 3.63) is 54.4 Å². The molecule has 0 aliphatic heterocycles. The lowest BCUT2D eigenvalue weighted by molar-refractivity contribution is 0.0963. The highest BCUT2D eigenvalue weighted by atomic mass is 16.1. The lowest BCUT2D eigenvalue weighted by Crippen LogP contribution is -2.18. The zero-order chi connectivity index (χ0) is 11.4. The van der Waals surface area contributed by atoms with Gasteiger partial charge in [0.25, 0.3) is 5.91 Å². The first kappa shape index (κ1) is 10.4. The normalized spacial score (nSPS) is 9.81. The second-order valence-corrected chi connectivity index (χ2v) is 3.36. The summed E-state index contributed by atoms with van der Waals surface area (Å²) in [6.45, 7) is 0. The van der Waals surface area contributed by atoms with Crippen molar-refractivity contribution in [1.29, 1.82) is 0 Å². The summed E-state index contributed by atoms with van der Waals surface area (Å²) in [5, 5.41) is 2.64. The third-order valence-electron chi connectivity index (χ3n) is 2.39. The van der Waals surface area contributed by atoms with Crippen molar-refractivity contribution in [1.82, 2.24) is 10.3 Å². The summed E-state index contributed by atoms with van der Waals surface area (Å²) in [6.07, 6.45) is 3.44. The highest BCUT2D eigenvalue weighted by Gasteiger charge is 2.09. The molecule has 1 aromatic heterocycles. The number of hydrogen-bond donors (Lipinski definition) is 1. The van der Waals surface area contributed by atoms with E-state index in [2.05, 4.69) is 10.3 Å². The molecule has 0 radical (unpaired) electrons. The predicted molar refractivity (Wildman–Crippen MR) is 63.1 cm³/mol. The molecule has 1 amide bonds. The van der Waals surface area contributed by atoms with Crippen LogP contribution in [0.15, 0.2) is 48.8 Å². The second kappa shape index (κ2) is 4.57. The molecule has 0 aliphatic carbocycles. The summed E-state index contributed by atoms with van der Waals surface area (Å²) in [5.41, 5.74) is 2.59. The molecule has 0 bridgehead atoms. The van der Waals surface area contributed by atoms with E-state index in [4.69, 9.17) is 0 Å². The van der Waals surface area contributed by atoms with Crippen LogP contribution in [0.2, 0.25) is 0 Å². The van der Waals surface area contributed by atoms with Crippen LogP contribution >= 0.6 is 0 Å². The van der Waals surface area contributed by atoms with Crippen LogP contribution in [0.4, 0.5) is 0 Å². The fraction of sp³-hybridized carbons (Fsp3) is 0.0769. The molecular formula is C13H12N2O. The minimum Gasteiger partial charge on any atom is -0.355 e. The zero-order valence-corrected chi connectivity index (χ0v) is 8.97. The van der Waals surface area contributed by atoms with Crippen LogP contribution in [0, 0.1) is 0 Å². The molecule has 2 rings (SSSR count). The molecule has 0 saturated heterocycles. The van der Waals surface area contributed by atoms with Gasteiger partial charge >= 0.3 is 0 Å². The van der Waals surface area contributed by atoms with E-state index in [9.17, 15) is 4.79 Å². The molecule has 0 atom stereocenters. The molecular weight excluding hydrogens is 200 g/mol. The number of rotatable bonds is 2. The van der Waals surface area contributed by atoms with E-state index in [-0.39, 0.29) is 5.91 Å². The Morgan fingerprint density at radius 2 is 1.81 bits per heavy atom. The summed E-state index contributed by atoms with van der Waals surface area (Å²) in [6, 6.07) is 11.3. The Morgan fingerprint density at radius 1 is 1.12 bits per heavy atom. The first-order chi connectivity index (χ1) is 7.83. The number of aromatic nitrogens is 1. The number of nitrogens with zero attached hydrogens (tertiary/aromatic N) is 1. The van der Waals surface area contributed by atoms with E-state index in [0.29, 0.717) is 5.56 Å². The molecule has 3 nitrogen and oxygen atoms in total. The SMILES string of the molecule is CNC(=O)c1ccccc1-c1ccncc1. The third-order valence-corrected chi connectivity index (χ3v) is 2.39. The largest absolute Gasteiger partial charge is 0.355 e. The van der Waals surface area contributed by atoms with Gasteiger partial charge in [0.15, 0.2) is 0 Å². The minimum absolute atomic E-state index is 0.0765. The molecule has 0 unspecified atom stereocenters. The number of carbonyl (C=O) groups excluding carboxylic acids is 1. The van der Waals surface area contributed by atoms with Crippen molar-refractivity contribution in [2.45, 2.75) is 0 Å². The van der Waals surface area contributed by atoms with Gasteiger partial charge in [0.2, 0.25) is 0 Å². The first-order valence-corrected chi connectivity index (χ1v) is 5.04. The van der Waals surface area contributed by atoms with Crippen LogP contribution in [-0.2, 0) is 0 Å². The lowest BCUT2D eigenvalue weighted by atomic mass is 10.0. The number of pyridine rings is 1. The molecule has 1 N–H and O–H groups in total. The van der Waals surface area contributed by atoms with E-state index in [1.807, 2.05) is 36.4 Å². The van der Waals surface area contributed by atoms with Crippen LogP contribution in [0.5, 0.6) is 0 Å². The maximum absolute atomic E-state index is 11.7. The monoisotopic (exact) mass is 212 g/mol. The van der Waals surface area contributed by atoms with Gasteiger partial charge in [-0.1, -0.05) is 18.2 Å². The second-order valence-electron chi connectivity index (χ2n) is 3.36. The Hall–Kier alpha value is -2.16. The number of nitrogens with one attached hydrogen (secondary N) is 1. The minimum atomic E-state index is -0.0765. The molecule has 0 fully saturated rings. The Morgan fingerprint density at radius 3 is 2.50 bits per heavy atom. The van der Waals surface area contributed by atoms with Crippen molar-refractivity contribution >= 4 is 5.91 Å². The Labute approximate surface area is 94.1 Å². The van der Waals surface area contributed by atoms with Crippen molar-refractivity contribution < 1.29 is 4.79 Å². The Balaban J connectivity index is 2.53. The number of benzene rings is 1. The van der Waals surface area contributed by atoms with Crippen LogP contribution < -0.4 is 5.32 Å². The lowest BCUT2D eigenvalue weighted by Gasteiger charge is -2.07. The highest BCUT2D eigenvalue weighted by Crippen LogP contribution is 2.22. The third kappa shape index (κ3) is 1.93. The van der Waals surface area contributed by atoms with E-state index < -0.39 is 0 Å². The first-order valence-electron chi connectivity index (χ1n) is 5.04. The van der Waals surface area contributed by atoms with Gasteiger partial charge in [-0.3, -0.25) is 9.78 Å². The van der Waals surface area contributed by atoms with Crippen LogP contribution in [0.1, 0.15) is 10.4 Å². The summed E-state index contributed by atoms with van der Waals surface area (Å²) in [5.74, 6) is -0.0765. The standard InChI is InChI=1S/C13H12N2O/c1-14-13(16)12-5-3-2-4-11(12)10-6-8-15-9-7-10/h2-9H,1H3,(H,14,16). The van der Waals surface area contributed by atoms with Gasteiger partial charge in [0, 0.05) is 25.0 Å². The average molecular weight is 212 g/mol. The number of carbonyl (C=O) groups is 1. The van der Waals surface area contributed by atoms with Crippen molar-refractivity contribution in [3.63, 3.8) is 0 Å². The number of amides is 1. The maximum Gasteiger partial charge on any atom is 0.251 e. The number of hydrogen-bond acceptors (Lipinski definition) is 2. The topological polar surface area (TPSA) is 42.0 Å². The van der Waals surface area contributed by atoms with E-state index in [0.717, 1.165) is 11.1 Å². The van der Waals surface area contributed by atoms with Gasteiger partial charge in [-0.2, -0.15) is 0 Å². The Bertz CT molecular complexity index is 494. The quantitative estimate of drug-likeness (QED) is 0.828. The maximum atomic E-state index is 11.7. The smallest absolute Gasteiger partial charge is 0.251 e. The predicted octanol–water partition coefficient (Wildman–Crippen LogP) is 2.11. The van der Waals surface area contributed by atoms with Gasteiger partial charge in [0.1, 0.15) is 0 Å². The van der Waals surface area contributed by atoms with Crippen LogP contribution in [0.25, 0.3) is 11.1 Å². The highest BCUT2D eigenvalue weighted by molar-refractivity contribution is 6.00. The van der Waals surface area contributed by atoms with Crippen molar-refractivity contribution in [2.75, 3.05) is 7.05 Å². The van der Waals surface area contributed by atoms with Crippen LogP contribution in [0.3, 0.4) is 0 Å². The summed E-state index contributed by atoms with van der Waals surface area (Å²) in [4.78, 5) is 15.6. The molecule has 0 aliphatic rings.